The first-order valence-electron chi connectivity index (χ1n) is 9.51. The number of nitro benzene ring substituents is 1. The van der Waals surface area contributed by atoms with Gasteiger partial charge in [0, 0.05) is 36.9 Å². The highest BCUT2D eigenvalue weighted by atomic mass is 35.5. The number of nitro groups is 1. The third kappa shape index (κ3) is 5.23. The van der Waals surface area contributed by atoms with Crippen LogP contribution in [0.4, 0.5) is 17.1 Å². The van der Waals surface area contributed by atoms with Crippen LogP contribution in [0.1, 0.15) is 16.8 Å². The van der Waals surface area contributed by atoms with E-state index in [1.54, 1.807) is 36.4 Å². The van der Waals surface area contributed by atoms with E-state index in [0.717, 1.165) is 26.1 Å². The van der Waals surface area contributed by atoms with Crippen molar-refractivity contribution in [1.82, 2.24) is 4.90 Å². The maximum atomic E-state index is 12.7. The molecule has 0 aromatic heterocycles. The van der Waals surface area contributed by atoms with Gasteiger partial charge in [0.2, 0.25) is 0 Å². The molecule has 1 saturated heterocycles. The molecule has 0 spiro atoms. The molecule has 0 saturated carbocycles. The van der Waals surface area contributed by atoms with Gasteiger partial charge in [-0.3, -0.25) is 19.8 Å². The van der Waals surface area contributed by atoms with E-state index >= 15 is 0 Å². The van der Waals surface area contributed by atoms with Crippen molar-refractivity contribution in [1.29, 1.82) is 0 Å². The molecule has 2 aromatic carbocycles. The minimum Gasteiger partial charge on any atom is -0.363 e. The van der Waals surface area contributed by atoms with Crippen LogP contribution >= 0.6 is 11.6 Å². The molecule has 154 valence electrons. The van der Waals surface area contributed by atoms with E-state index in [2.05, 4.69) is 10.2 Å². The lowest BCUT2D eigenvalue weighted by atomic mass is 10.1. The molecule has 0 atom stereocenters. The first-order chi connectivity index (χ1) is 14.0. The van der Waals surface area contributed by atoms with Crippen molar-refractivity contribution in [2.24, 2.45) is 5.73 Å². The lowest BCUT2D eigenvalue weighted by Crippen LogP contribution is -2.47. The fourth-order valence-electron chi connectivity index (χ4n) is 3.42. The first kappa shape index (κ1) is 21.0. The Kier molecular flexibility index (Phi) is 7.03. The number of rotatable bonds is 7. The van der Waals surface area contributed by atoms with Gasteiger partial charge in [-0.1, -0.05) is 17.7 Å². The van der Waals surface area contributed by atoms with Crippen LogP contribution in [0.5, 0.6) is 0 Å². The number of para-hydroxylation sites is 1. The van der Waals surface area contributed by atoms with Gasteiger partial charge in [-0.05, 0) is 55.9 Å². The minimum atomic E-state index is -0.526. The van der Waals surface area contributed by atoms with Gasteiger partial charge in [-0.2, -0.15) is 0 Å². The Morgan fingerprint density at radius 2 is 1.83 bits per heavy atom. The Morgan fingerprint density at radius 3 is 2.45 bits per heavy atom. The van der Waals surface area contributed by atoms with Gasteiger partial charge in [0.25, 0.3) is 5.91 Å². The quantitative estimate of drug-likeness (QED) is 0.530. The van der Waals surface area contributed by atoms with Crippen LogP contribution in [0.3, 0.4) is 0 Å². The minimum absolute atomic E-state index is 0.0352. The number of piperazine rings is 1. The second-order valence-corrected chi connectivity index (χ2v) is 7.30. The lowest BCUT2D eigenvalue weighted by Gasteiger charge is -2.35. The van der Waals surface area contributed by atoms with E-state index in [1.807, 2.05) is 4.90 Å². The van der Waals surface area contributed by atoms with Crippen LogP contribution in [0.2, 0.25) is 5.02 Å². The molecule has 1 fully saturated rings. The van der Waals surface area contributed by atoms with Gasteiger partial charge in [0.05, 0.1) is 4.92 Å². The Labute approximate surface area is 174 Å². The molecule has 0 bridgehead atoms. The molecular weight excluding hydrogens is 394 g/mol. The number of nitrogens with one attached hydrogen (secondary N) is 1. The summed E-state index contributed by atoms with van der Waals surface area (Å²) in [7, 11) is 0. The summed E-state index contributed by atoms with van der Waals surface area (Å²) in [6, 6.07) is 11.4. The lowest BCUT2D eigenvalue weighted by molar-refractivity contribution is -0.384. The summed E-state index contributed by atoms with van der Waals surface area (Å²) >= 11 is 5.86. The van der Waals surface area contributed by atoms with E-state index in [0.29, 0.717) is 36.0 Å². The van der Waals surface area contributed by atoms with Crippen molar-refractivity contribution in [3.05, 3.63) is 63.2 Å². The predicted octanol–water partition coefficient (Wildman–Crippen LogP) is 2.97. The molecule has 1 aliphatic heterocycles. The number of hydrogen-bond acceptors (Lipinski definition) is 6. The summed E-state index contributed by atoms with van der Waals surface area (Å²) in [5, 5.41) is 15.1. The average molecular weight is 418 g/mol. The fraction of sp³-hybridized carbons (Fsp3) is 0.350. The average Bonchev–Trinajstić information content (AvgIpc) is 2.73. The molecule has 8 nitrogen and oxygen atoms in total. The van der Waals surface area contributed by atoms with Crippen molar-refractivity contribution in [2.75, 3.05) is 49.5 Å². The van der Waals surface area contributed by atoms with Crippen molar-refractivity contribution in [2.45, 2.75) is 6.42 Å². The molecular formula is C20H24ClN5O3. The normalized spacial score (nSPS) is 14.6. The van der Waals surface area contributed by atoms with Crippen LogP contribution in [0.25, 0.3) is 0 Å². The van der Waals surface area contributed by atoms with E-state index in [1.165, 1.54) is 6.07 Å². The number of benzene rings is 2. The molecule has 29 heavy (non-hydrogen) atoms. The molecule has 2 aromatic rings. The predicted molar refractivity (Wildman–Crippen MR) is 115 cm³/mol. The molecule has 1 amide bonds. The van der Waals surface area contributed by atoms with E-state index < -0.39 is 10.8 Å². The Hall–Kier alpha value is -2.68. The molecule has 1 aliphatic rings. The summed E-state index contributed by atoms with van der Waals surface area (Å²) in [6.07, 6.45) is 0.931. The SMILES string of the molecule is NCCCN1CCN(c2cccc(C(=O)Nc3ccc(Cl)cc3)c2[N+](=O)[O-])CC1. The van der Waals surface area contributed by atoms with E-state index in [9.17, 15) is 14.9 Å². The van der Waals surface area contributed by atoms with Crippen LogP contribution in [-0.2, 0) is 0 Å². The highest BCUT2D eigenvalue weighted by Crippen LogP contribution is 2.33. The number of amides is 1. The number of anilines is 2. The highest BCUT2D eigenvalue weighted by Gasteiger charge is 2.29. The van der Waals surface area contributed by atoms with Gasteiger partial charge >= 0.3 is 5.69 Å². The second kappa shape index (κ2) is 9.69. The van der Waals surface area contributed by atoms with Gasteiger partial charge in [0.1, 0.15) is 11.3 Å². The zero-order valence-electron chi connectivity index (χ0n) is 16.0. The Balaban J connectivity index is 1.80. The van der Waals surface area contributed by atoms with E-state index in [4.69, 9.17) is 17.3 Å². The number of carbonyl (C=O) groups is 1. The number of nitrogens with zero attached hydrogens (tertiary/aromatic N) is 3. The van der Waals surface area contributed by atoms with Gasteiger partial charge in [-0.15, -0.1) is 0 Å². The maximum absolute atomic E-state index is 12.7. The topological polar surface area (TPSA) is 105 Å². The summed E-state index contributed by atoms with van der Waals surface area (Å²) in [4.78, 5) is 28.4. The third-order valence-electron chi connectivity index (χ3n) is 4.94. The summed E-state index contributed by atoms with van der Waals surface area (Å²) < 4.78 is 0. The highest BCUT2D eigenvalue weighted by molar-refractivity contribution is 6.30. The van der Waals surface area contributed by atoms with Crippen LogP contribution in [0.15, 0.2) is 42.5 Å². The second-order valence-electron chi connectivity index (χ2n) is 6.86. The van der Waals surface area contributed by atoms with Crippen LogP contribution < -0.4 is 16.0 Å². The number of nitrogens with two attached hydrogens (primary N) is 1. The van der Waals surface area contributed by atoms with Gasteiger partial charge < -0.3 is 16.0 Å². The zero-order valence-corrected chi connectivity index (χ0v) is 16.8. The summed E-state index contributed by atoms with van der Waals surface area (Å²) in [5.74, 6) is -0.526. The molecule has 0 unspecified atom stereocenters. The monoisotopic (exact) mass is 417 g/mol. The Morgan fingerprint density at radius 1 is 1.14 bits per heavy atom. The summed E-state index contributed by atoms with van der Waals surface area (Å²) in [5.41, 5.74) is 6.42. The standard InChI is InChI=1S/C20H24ClN5O3/c21-15-5-7-16(8-6-15)23-20(27)17-3-1-4-18(19(17)26(28)29)25-13-11-24(12-14-25)10-2-9-22/h1,3-8H,2,9-14,22H2,(H,23,27). The summed E-state index contributed by atoms with van der Waals surface area (Å²) in [6.45, 7) is 4.50. The smallest absolute Gasteiger partial charge is 0.305 e. The fourth-order valence-corrected chi connectivity index (χ4v) is 3.55. The number of hydrogen-bond donors (Lipinski definition) is 2. The van der Waals surface area contributed by atoms with Crippen molar-refractivity contribution >= 4 is 34.6 Å². The number of carbonyl (C=O) groups excluding carboxylic acids is 1. The molecule has 3 rings (SSSR count). The third-order valence-corrected chi connectivity index (χ3v) is 5.19. The van der Waals surface area contributed by atoms with Crippen LogP contribution in [0, 0.1) is 10.1 Å². The zero-order chi connectivity index (χ0) is 20.8. The van der Waals surface area contributed by atoms with E-state index in [-0.39, 0.29) is 11.3 Å². The van der Waals surface area contributed by atoms with Crippen molar-refractivity contribution in [3.63, 3.8) is 0 Å². The largest absolute Gasteiger partial charge is 0.363 e. The maximum Gasteiger partial charge on any atom is 0.305 e. The van der Waals surface area contributed by atoms with Gasteiger partial charge in [0.15, 0.2) is 0 Å². The molecule has 0 radical (unpaired) electrons. The first-order valence-corrected chi connectivity index (χ1v) is 9.89. The molecule has 3 N–H and O–H groups in total. The molecule has 0 aliphatic carbocycles. The molecule has 9 heteroatoms. The van der Waals surface area contributed by atoms with Gasteiger partial charge in [-0.25, -0.2) is 0 Å². The van der Waals surface area contributed by atoms with Crippen molar-refractivity contribution in [3.8, 4) is 0 Å². The number of halogens is 1. The Bertz CT molecular complexity index is 867. The van der Waals surface area contributed by atoms with Crippen LogP contribution in [-0.4, -0.2) is 55.0 Å². The van der Waals surface area contributed by atoms with Crippen molar-refractivity contribution < 1.29 is 9.72 Å². The molecule has 1 heterocycles.